The van der Waals surface area contributed by atoms with Crippen LogP contribution in [0.4, 0.5) is 0 Å². The normalized spacial score (nSPS) is 29.7. The number of aliphatic hydroxyl groups excluding tert-OH is 1. The summed E-state index contributed by atoms with van der Waals surface area (Å²) in [6.07, 6.45) is 4.63. The molecule has 0 aromatic carbocycles. The molecule has 0 bridgehead atoms. The van der Waals surface area contributed by atoms with Crippen LogP contribution < -0.4 is 0 Å². The van der Waals surface area contributed by atoms with Gasteiger partial charge in [-0.3, -0.25) is 4.90 Å². The molecule has 2 aliphatic rings. The number of hydrogen-bond acceptors (Lipinski definition) is 5. The van der Waals surface area contributed by atoms with Gasteiger partial charge < -0.3 is 9.84 Å². The number of likely N-dealkylation sites (tertiary alicyclic amines) is 1. The largest absolute Gasteiger partial charge is 0.393 e. The Labute approximate surface area is 124 Å². The molecule has 0 aliphatic carbocycles. The third-order valence-electron chi connectivity index (χ3n) is 4.38. The van der Waals surface area contributed by atoms with E-state index in [1.54, 1.807) is 11.3 Å². The number of thiazole rings is 1. The van der Waals surface area contributed by atoms with Crippen LogP contribution in [0.5, 0.6) is 0 Å². The second-order valence-electron chi connectivity index (χ2n) is 6.06. The first kappa shape index (κ1) is 14.4. The zero-order valence-electron chi connectivity index (χ0n) is 12.1. The van der Waals surface area contributed by atoms with Gasteiger partial charge in [0.05, 0.1) is 11.8 Å². The predicted octanol–water partition coefficient (Wildman–Crippen LogP) is 2.59. The smallest absolute Gasteiger partial charge is 0.122 e. The molecular weight excluding hydrogens is 272 g/mol. The van der Waals surface area contributed by atoms with Crippen molar-refractivity contribution in [2.75, 3.05) is 19.7 Å². The topological polar surface area (TPSA) is 45.6 Å². The molecule has 112 valence electrons. The highest BCUT2D eigenvalue weighted by Gasteiger charge is 2.25. The lowest BCUT2D eigenvalue weighted by atomic mass is 9.93. The quantitative estimate of drug-likeness (QED) is 0.927. The lowest BCUT2D eigenvalue weighted by Gasteiger charge is -2.33. The predicted molar refractivity (Wildman–Crippen MR) is 79.7 cm³/mol. The Morgan fingerprint density at radius 2 is 2.40 bits per heavy atom. The van der Waals surface area contributed by atoms with E-state index in [0.717, 1.165) is 56.2 Å². The summed E-state index contributed by atoms with van der Waals surface area (Å²) >= 11 is 1.73. The van der Waals surface area contributed by atoms with Crippen LogP contribution in [0.15, 0.2) is 5.38 Å². The van der Waals surface area contributed by atoms with Gasteiger partial charge in [0.25, 0.3) is 0 Å². The van der Waals surface area contributed by atoms with Gasteiger partial charge in [0.1, 0.15) is 11.1 Å². The van der Waals surface area contributed by atoms with E-state index in [1.807, 2.05) is 6.92 Å². The Kier molecular flexibility index (Phi) is 4.71. The molecule has 3 atom stereocenters. The van der Waals surface area contributed by atoms with Crippen molar-refractivity contribution < 1.29 is 9.84 Å². The number of ether oxygens (including phenoxy) is 1. The van der Waals surface area contributed by atoms with Crippen molar-refractivity contribution in [1.29, 1.82) is 0 Å². The van der Waals surface area contributed by atoms with Crippen molar-refractivity contribution in [2.24, 2.45) is 5.92 Å². The lowest BCUT2D eigenvalue weighted by Crippen LogP contribution is -2.39. The molecule has 20 heavy (non-hydrogen) atoms. The lowest BCUT2D eigenvalue weighted by molar-refractivity contribution is 0.0593. The first-order valence-corrected chi connectivity index (χ1v) is 8.56. The molecule has 0 saturated carbocycles. The summed E-state index contributed by atoms with van der Waals surface area (Å²) in [6, 6.07) is 0. The molecule has 3 unspecified atom stereocenters. The summed E-state index contributed by atoms with van der Waals surface area (Å²) in [6.45, 7) is 5.81. The first-order chi connectivity index (χ1) is 9.72. The average molecular weight is 296 g/mol. The Balaban J connectivity index is 1.57. The van der Waals surface area contributed by atoms with Gasteiger partial charge in [0.2, 0.25) is 0 Å². The molecule has 1 aromatic heterocycles. The Morgan fingerprint density at radius 1 is 1.50 bits per heavy atom. The van der Waals surface area contributed by atoms with Crippen molar-refractivity contribution >= 4 is 11.3 Å². The number of aromatic nitrogens is 1. The molecule has 2 fully saturated rings. The number of piperidine rings is 1. The van der Waals surface area contributed by atoms with E-state index < -0.39 is 0 Å². The van der Waals surface area contributed by atoms with Gasteiger partial charge in [-0.1, -0.05) is 0 Å². The maximum absolute atomic E-state index is 9.75. The Morgan fingerprint density at radius 3 is 3.15 bits per heavy atom. The van der Waals surface area contributed by atoms with Crippen molar-refractivity contribution in [3.05, 3.63) is 16.1 Å². The van der Waals surface area contributed by atoms with E-state index in [0.29, 0.717) is 5.92 Å². The molecule has 4 nitrogen and oxygen atoms in total. The molecule has 0 spiro atoms. The summed E-state index contributed by atoms with van der Waals surface area (Å²) in [4.78, 5) is 7.17. The summed E-state index contributed by atoms with van der Waals surface area (Å²) in [5, 5.41) is 13.1. The van der Waals surface area contributed by atoms with Crippen LogP contribution in [0, 0.1) is 5.92 Å². The average Bonchev–Trinajstić information content (AvgIpc) is 3.09. The molecule has 3 heterocycles. The fraction of sp³-hybridized carbons (Fsp3) is 0.800. The summed E-state index contributed by atoms with van der Waals surface area (Å²) in [5.41, 5.74) is 1.16. The van der Waals surface area contributed by atoms with Gasteiger partial charge in [-0.05, 0) is 45.1 Å². The maximum atomic E-state index is 9.75. The summed E-state index contributed by atoms with van der Waals surface area (Å²) in [5.74, 6) is 0.417. The van der Waals surface area contributed by atoms with Crippen LogP contribution in [0.1, 0.15) is 49.4 Å². The van der Waals surface area contributed by atoms with Crippen molar-refractivity contribution in [3.63, 3.8) is 0 Å². The van der Waals surface area contributed by atoms with E-state index >= 15 is 0 Å². The zero-order chi connectivity index (χ0) is 13.9. The second-order valence-corrected chi connectivity index (χ2v) is 6.95. The second kappa shape index (κ2) is 6.52. The maximum Gasteiger partial charge on any atom is 0.122 e. The molecule has 0 radical (unpaired) electrons. The van der Waals surface area contributed by atoms with Crippen LogP contribution >= 0.6 is 11.3 Å². The number of rotatable bonds is 4. The van der Waals surface area contributed by atoms with E-state index in [2.05, 4.69) is 10.3 Å². The molecule has 3 rings (SSSR count). The van der Waals surface area contributed by atoms with E-state index in [9.17, 15) is 5.11 Å². The molecule has 1 aromatic rings. The van der Waals surface area contributed by atoms with E-state index in [-0.39, 0.29) is 12.2 Å². The third kappa shape index (κ3) is 3.39. The minimum Gasteiger partial charge on any atom is -0.393 e. The van der Waals surface area contributed by atoms with Crippen LogP contribution in [0.25, 0.3) is 0 Å². The molecule has 1 N–H and O–H groups in total. The van der Waals surface area contributed by atoms with E-state index in [1.165, 1.54) is 6.42 Å². The number of nitrogens with zero attached hydrogens (tertiary/aromatic N) is 2. The fourth-order valence-corrected chi connectivity index (χ4v) is 4.06. The van der Waals surface area contributed by atoms with E-state index in [4.69, 9.17) is 9.72 Å². The van der Waals surface area contributed by atoms with Crippen LogP contribution in [0.2, 0.25) is 0 Å². The van der Waals surface area contributed by atoms with Crippen molar-refractivity contribution in [1.82, 2.24) is 9.88 Å². The standard InChI is InChI=1S/C15H24N2O2S/c1-11(18)12-4-2-6-17(8-12)9-13-10-20-15(16-13)14-5-3-7-19-14/h10-12,14,18H,2-9H2,1H3. The molecular formula is C15H24N2O2S. The Bertz CT molecular complexity index is 429. The van der Waals surface area contributed by atoms with Crippen LogP contribution in [-0.2, 0) is 11.3 Å². The van der Waals surface area contributed by atoms with Crippen molar-refractivity contribution in [2.45, 2.75) is 51.4 Å². The van der Waals surface area contributed by atoms with Crippen LogP contribution in [0.3, 0.4) is 0 Å². The van der Waals surface area contributed by atoms with Gasteiger partial charge in [-0.2, -0.15) is 0 Å². The molecule has 5 heteroatoms. The highest BCUT2D eigenvalue weighted by atomic mass is 32.1. The Hall–Kier alpha value is -0.490. The first-order valence-electron chi connectivity index (χ1n) is 7.68. The number of aliphatic hydroxyl groups is 1. The summed E-state index contributed by atoms with van der Waals surface area (Å²) < 4.78 is 5.69. The summed E-state index contributed by atoms with van der Waals surface area (Å²) in [7, 11) is 0. The third-order valence-corrected chi connectivity index (χ3v) is 5.37. The number of hydrogen-bond donors (Lipinski definition) is 1. The monoisotopic (exact) mass is 296 g/mol. The van der Waals surface area contributed by atoms with Gasteiger partial charge in [0.15, 0.2) is 0 Å². The van der Waals surface area contributed by atoms with Gasteiger partial charge in [-0.15, -0.1) is 11.3 Å². The molecule has 2 aliphatic heterocycles. The van der Waals surface area contributed by atoms with Crippen molar-refractivity contribution in [3.8, 4) is 0 Å². The van der Waals surface area contributed by atoms with Gasteiger partial charge in [0, 0.05) is 25.1 Å². The molecule has 0 amide bonds. The minimum atomic E-state index is -0.198. The SMILES string of the molecule is CC(O)C1CCCN(Cc2csc(C3CCCO3)n2)C1. The highest BCUT2D eigenvalue weighted by molar-refractivity contribution is 7.09. The zero-order valence-corrected chi connectivity index (χ0v) is 12.9. The molecule has 2 saturated heterocycles. The van der Waals surface area contributed by atoms with Gasteiger partial charge in [-0.25, -0.2) is 4.98 Å². The van der Waals surface area contributed by atoms with Gasteiger partial charge >= 0.3 is 0 Å². The minimum absolute atomic E-state index is 0.198. The highest BCUT2D eigenvalue weighted by Crippen LogP contribution is 2.31. The fourth-order valence-electron chi connectivity index (χ4n) is 3.17. The van der Waals surface area contributed by atoms with Crippen LogP contribution in [-0.4, -0.2) is 40.8 Å².